The van der Waals surface area contributed by atoms with Crippen molar-refractivity contribution in [2.75, 3.05) is 11.9 Å². The highest BCUT2D eigenvalue weighted by Gasteiger charge is 2.27. The fraction of sp³-hybridized carbons (Fsp3) is 0.533. The lowest BCUT2D eigenvalue weighted by Gasteiger charge is -2.34. The molecule has 1 amide bonds. The first-order valence-electron chi connectivity index (χ1n) is 6.96. The van der Waals surface area contributed by atoms with Crippen LogP contribution in [0.1, 0.15) is 42.5 Å². The van der Waals surface area contributed by atoms with Gasteiger partial charge in [0.25, 0.3) is 5.91 Å². The van der Waals surface area contributed by atoms with E-state index in [1.54, 1.807) is 18.2 Å². The van der Waals surface area contributed by atoms with Crippen molar-refractivity contribution in [3.63, 3.8) is 0 Å². The number of nitrogens with zero attached hydrogens (tertiary/aromatic N) is 1. The fourth-order valence-corrected chi connectivity index (χ4v) is 3.51. The number of hydrogen-bond acceptors (Lipinski definition) is 1. The predicted octanol–water partition coefficient (Wildman–Crippen LogP) is 4.76. The molecule has 0 heterocycles. The van der Waals surface area contributed by atoms with E-state index in [0.717, 1.165) is 25.7 Å². The molecule has 0 saturated heterocycles. The first kappa shape index (κ1) is 16.0. The minimum absolute atomic E-state index is 0.158. The predicted molar refractivity (Wildman–Crippen MR) is 85.8 cm³/mol. The van der Waals surface area contributed by atoms with Crippen LogP contribution in [0.3, 0.4) is 0 Å². The van der Waals surface area contributed by atoms with Crippen molar-refractivity contribution in [3.8, 4) is 0 Å². The van der Waals surface area contributed by atoms with Crippen LogP contribution < -0.4 is 0 Å². The van der Waals surface area contributed by atoms with Crippen LogP contribution in [0.15, 0.2) is 22.7 Å². The molecule has 0 aromatic heterocycles. The van der Waals surface area contributed by atoms with Crippen LogP contribution in [0, 0.1) is 5.82 Å². The number of halogens is 3. The molecule has 1 aromatic carbocycles. The Kier molecular flexibility index (Phi) is 6.02. The second-order valence-electron chi connectivity index (χ2n) is 5.08. The van der Waals surface area contributed by atoms with Gasteiger partial charge in [0.2, 0.25) is 0 Å². The van der Waals surface area contributed by atoms with Crippen LogP contribution in [0.5, 0.6) is 0 Å². The monoisotopic (exact) mass is 405 g/mol. The van der Waals surface area contributed by atoms with Crippen LogP contribution in [0.25, 0.3) is 0 Å². The molecule has 0 atom stereocenters. The zero-order chi connectivity index (χ0) is 14.5. The first-order valence-corrected chi connectivity index (χ1v) is 8.87. The normalized spacial score (nSPS) is 16.1. The van der Waals surface area contributed by atoms with E-state index < -0.39 is 5.82 Å². The molecule has 0 unspecified atom stereocenters. The van der Waals surface area contributed by atoms with Gasteiger partial charge < -0.3 is 4.90 Å². The summed E-state index contributed by atoms with van der Waals surface area (Å²) in [7, 11) is 0. The lowest BCUT2D eigenvalue weighted by Crippen LogP contribution is -2.42. The molecule has 0 spiro atoms. The van der Waals surface area contributed by atoms with Crippen molar-refractivity contribution < 1.29 is 9.18 Å². The van der Waals surface area contributed by atoms with Crippen LogP contribution in [-0.4, -0.2) is 28.7 Å². The number of carbonyl (C=O) groups is 1. The average molecular weight is 407 g/mol. The van der Waals surface area contributed by atoms with Crippen molar-refractivity contribution >= 4 is 37.8 Å². The Morgan fingerprint density at radius 3 is 2.65 bits per heavy atom. The summed E-state index contributed by atoms with van der Waals surface area (Å²) in [5.74, 6) is -0.664. The third kappa shape index (κ3) is 3.61. The van der Waals surface area contributed by atoms with E-state index in [-0.39, 0.29) is 17.5 Å². The molecule has 1 saturated carbocycles. The molecule has 1 aliphatic carbocycles. The van der Waals surface area contributed by atoms with Gasteiger partial charge >= 0.3 is 0 Å². The summed E-state index contributed by atoms with van der Waals surface area (Å²) in [5, 5.41) is 0.713. The molecule has 0 N–H and O–H groups in total. The van der Waals surface area contributed by atoms with Gasteiger partial charge in [0.05, 0.1) is 10.0 Å². The summed E-state index contributed by atoms with van der Waals surface area (Å²) in [6, 6.07) is 5.12. The molecular weight excluding hydrogens is 389 g/mol. The third-order valence-corrected chi connectivity index (χ3v) is 4.75. The molecule has 2 rings (SSSR count). The minimum Gasteiger partial charge on any atom is -0.335 e. The van der Waals surface area contributed by atoms with Gasteiger partial charge in [0.1, 0.15) is 5.82 Å². The maximum Gasteiger partial charge on any atom is 0.257 e. The summed E-state index contributed by atoms with van der Waals surface area (Å²) in [6.07, 6.45) is 5.58. The van der Waals surface area contributed by atoms with E-state index in [0.29, 0.717) is 16.3 Å². The SMILES string of the molecule is O=C(c1cccc(Br)c1F)N(CCBr)C1CCCCC1. The quantitative estimate of drug-likeness (QED) is 0.660. The summed E-state index contributed by atoms with van der Waals surface area (Å²) < 4.78 is 14.5. The van der Waals surface area contributed by atoms with Crippen molar-refractivity contribution in [1.29, 1.82) is 0 Å². The molecule has 2 nitrogen and oxygen atoms in total. The number of hydrogen-bond donors (Lipinski definition) is 0. The van der Waals surface area contributed by atoms with Gasteiger partial charge in [-0.2, -0.15) is 0 Å². The molecule has 110 valence electrons. The van der Waals surface area contributed by atoms with Gasteiger partial charge in [0, 0.05) is 17.9 Å². The van der Waals surface area contributed by atoms with Crippen molar-refractivity contribution in [1.82, 2.24) is 4.90 Å². The molecule has 0 radical (unpaired) electrons. The lowest BCUT2D eigenvalue weighted by molar-refractivity contribution is 0.0646. The average Bonchev–Trinajstić information content (AvgIpc) is 2.48. The first-order chi connectivity index (χ1) is 9.65. The van der Waals surface area contributed by atoms with E-state index in [4.69, 9.17) is 0 Å². The van der Waals surface area contributed by atoms with Crippen LogP contribution in [-0.2, 0) is 0 Å². The number of carbonyl (C=O) groups excluding carboxylic acids is 1. The van der Waals surface area contributed by atoms with Crippen LogP contribution in [0.4, 0.5) is 4.39 Å². The Morgan fingerprint density at radius 1 is 1.30 bits per heavy atom. The Hall–Kier alpha value is -0.420. The van der Waals surface area contributed by atoms with Gasteiger partial charge in [-0.25, -0.2) is 4.39 Å². The van der Waals surface area contributed by atoms with Crippen molar-refractivity contribution in [2.45, 2.75) is 38.1 Å². The molecule has 0 aliphatic heterocycles. The fourth-order valence-electron chi connectivity index (χ4n) is 2.76. The van der Waals surface area contributed by atoms with Gasteiger partial charge in [-0.15, -0.1) is 0 Å². The van der Waals surface area contributed by atoms with Crippen molar-refractivity contribution in [2.24, 2.45) is 0 Å². The molecular formula is C15H18Br2FNO. The van der Waals surface area contributed by atoms with Crippen LogP contribution >= 0.6 is 31.9 Å². The maximum absolute atomic E-state index is 14.1. The second-order valence-corrected chi connectivity index (χ2v) is 6.73. The summed E-state index contributed by atoms with van der Waals surface area (Å²) >= 11 is 6.54. The van der Waals surface area contributed by atoms with E-state index in [9.17, 15) is 9.18 Å². The van der Waals surface area contributed by atoms with E-state index in [1.807, 2.05) is 4.90 Å². The highest BCUT2D eigenvalue weighted by Crippen LogP contribution is 2.26. The largest absolute Gasteiger partial charge is 0.335 e. The van der Waals surface area contributed by atoms with E-state index in [1.165, 1.54) is 6.42 Å². The smallest absolute Gasteiger partial charge is 0.257 e. The molecule has 0 bridgehead atoms. The third-order valence-electron chi connectivity index (χ3n) is 3.78. The number of rotatable bonds is 4. The Balaban J connectivity index is 2.23. The highest BCUT2D eigenvalue weighted by molar-refractivity contribution is 9.10. The zero-order valence-corrected chi connectivity index (χ0v) is 14.4. The zero-order valence-electron chi connectivity index (χ0n) is 11.2. The highest BCUT2D eigenvalue weighted by atomic mass is 79.9. The second kappa shape index (κ2) is 7.55. The van der Waals surface area contributed by atoms with E-state index in [2.05, 4.69) is 31.9 Å². The number of amides is 1. The Labute approximate surface area is 136 Å². The molecule has 1 aromatic rings. The Morgan fingerprint density at radius 2 is 2.00 bits per heavy atom. The lowest BCUT2D eigenvalue weighted by atomic mass is 9.93. The van der Waals surface area contributed by atoms with Crippen LogP contribution in [0.2, 0.25) is 0 Å². The topological polar surface area (TPSA) is 20.3 Å². The number of benzene rings is 1. The standard InChI is InChI=1S/C15H18Br2FNO/c16-9-10-19(11-5-2-1-3-6-11)15(20)12-7-4-8-13(17)14(12)18/h4,7-8,11H,1-3,5-6,9-10H2. The van der Waals surface area contributed by atoms with E-state index >= 15 is 0 Å². The summed E-state index contributed by atoms with van der Waals surface area (Å²) in [5.41, 5.74) is 0.158. The van der Waals surface area contributed by atoms with Gasteiger partial charge in [-0.05, 0) is 40.9 Å². The summed E-state index contributed by atoms with van der Waals surface area (Å²) in [4.78, 5) is 14.5. The molecule has 5 heteroatoms. The van der Waals surface area contributed by atoms with Gasteiger partial charge in [-0.3, -0.25) is 4.79 Å². The van der Waals surface area contributed by atoms with Crippen molar-refractivity contribution in [3.05, 3.63) is 34.1 Å². The summed E-state index contributed by atoms with van der Waals surface area (Å²) in [6.45, 7) is 0.620. The maximum atomic E-state index is 14.1. The number of alkyl halides is 1. The minimum atomic E-state index is -0.465. The molecule has 20 heavy (non-hydrogen) atoms. The van der Waals surface area contributed by atoms with Gasteiger partial charge in [-0.1, -0.05) is 41.3 Å². The van der Waals surface area contributed by atoms with Gasteiger partial charge in [0.15, 0.2) is 0 Å². The molecule has 1 fully saturated rings. The Bertz CT molecular complexity index is 475. The molecule has 1 aliphatic rings.